The highest BCUT2D eigenvalue weighted by Crippen LogP contribution is 2.19. The number of aromatic nitrogens is 3. The van der Waals surface area contributed by atoms with E-state index in [0.29, 0.717) is 6.54 Å². The van der Waals surface area contributed by atoms with E-state index in [1.807, 2.05) is 6.92 Å². The Morgan fingerprint density at radius 2 is 1.72 bits per heavy atom. The second-order valence-corrected chi connectivity index (χ2v) is 9.19. The second-order valence-electron chi connectivity index (χ2n) is 5.46. The van der Waals surface area contributed by atoms with Crippen molar-refractivity contribution in [3.63, 3.8) is 0 Å². The Labute approximate surface area is 147 Å². The van der Waals surface area contributed by atoms with Gasteiger partial charge in [0, 0.05) is 20.6 Å². The van der Waals surface area contributed by atoms with E-state index < -0.39 is 20.0 Å². The van der Waals surface area contributed by atoms with Gasteiger partial charge in [0.25, 0.3) is 10.0 Å². The van der Waals surface area contributed by atoms with Gasteiger partial charge >= 0.3 is 0 Å². The van der Waals surface area contributed by atoms with Crippen LogP contribution in [-0.4, -0.2) is 49.5 Å². The van der Waals surface area contributed by atoms with Crippen LogP contribution in [0.3, 0.4) is 0 Å². The lowest BCUT2D eigenvalue weighted by atomic mass is 10.3. The molecule has 11 heteroatoms. The number of nitrogens with zero attached hydrogens (tertiary/aromatic N) is 4. The molecule has 0 saturated carbocycles. The number of hydrogen-bond acceptors (Lipinski definition) is 6. The van der Waals surface area contributed by atoms with Crippen LogP contribution in [0, 0.1) is 0 Å². The number of unbranched alkanes of at least 4 members (excludes halogenated alkanes) is 1. The molecule has 9 nitrogen and oxygen atoms in total. The topological polar surface area (TPSA) is 114 Å². The normalized spacial score (nSPS) is 12.5. The minimum absolute atomic E-state index is 0.0451. The summed E-state index contributed by atoms with van der Waals surface area (Å²) in [6.07, 6.45) is 2.86. The van der Waals surface area contributed by atoms with Crippen LogP contribution in [0.25, 0.3) is 0 Å². The molecular formula is C14H21N5O4S2. The summed E-state index contributed by atoms with van der Waals surface area (Å²) in [6.45, 7) is 2.39. The fourth-order valence-corrected chi connectivity index (χ4v) is 4.29. The molecule has 138 valence electrons. The number of benzene rings is 1. The number of nitrogens with one attached hydrogen (secondary N) is 1. The second kappa shape index (κ2) is 7.50. The van der Waals surface area contributed by atoms with Crippen LogP contribution in [0.2, 0.25) is 0 Å². The van der Waals surface area contributed by atoms with E-state index in [1.54, 1.807) is 7.05 Å². The maximum absolute atomic E-state index is 12.4. The molecule has 0 saturated heterocycles. The van der Waals surface area contributed by atoms with Crippen molar-refractivity contribution >= 4 is 26.0 Å². The molecule has 0 unspecified atom stereocenters. The molecule has 0 aliphatic carbocycles. The monoisotopic (exact) mass is 387 g/mol. The molecule has 0 radical (unpaired) electrons. The number of sulfonamides is 2. The summed E-state index contributed by atoms with van der Waals surface area (Å²) >= 11 is 0. The van der Waals surface area contributed by atoms with Gasteiger partial charge in [-0.05, 0) is 30.7 Å². The Hall–Kier alpha value is -1.98. The number of hydrogen-bond donors (Lipinski definition) is 1. The highest BCUT2D eigenvalue weighted by atomic mass is 32.2. The van der Waals surface area contributed by atoms with Gasteiger partial charge in [0.2, 0.25) is 16.0 Å². The third-order valence-corrected chi connectivity index (χ3v) is 6.82. The zero-order chi connectivity index (χ0) is 18.7. The van der Waals surface area contributed by atoms with E-state index in [4.69, 9.17) is 0 Å². The third-order valence-electron chi connectivity index (χ3n) is 3.61. The Morgan fingerprint density at radius 3 is 2.24 bits per heavy atom. The molecule has 2 rings (SSSR count). The Bertz CT molecular complexity index is 920. The van der Waals surface area contributed by atoms with Crippen molar-refractivity contribution in [1.29, 1.82) is 0 Å². The maximum atomic E-state index is 12.4. The zero-order valence-electron chi connectivity index (χ0n) is 14.2. The van der Waals surface area contributed by atoms with Crippen molar-refractivity contribution in [2.75, 3.05) is 18.3 Å². The largest absolute Gasteiger partial charge is 0.264 e. The summed E-state index contributed by atoms with van der Waals surface area (Å²) in [4.78, 5) is 3.77. The van der Waals surface area contributed by atoms with Gasteiger partial charge in [-0.1, -0.05) is 13.3 Å². The molecule has 1 heterocycles. The third kappa shape index (κ3) is 4.35. The summed E-state index contributed by atoms with van der Waals surface area (Å²) in [7, 11) is -4.47. The van der Waals surface area contributed by atoms with E-state index in [-0.39, 0.29) is 15.7 Å². The zero-order valence-corrected chi connectivity index (χ0v) is 15.9. The summed E-state index contributed by atoms with van der Waals surface area (Å²) in [5.74, 6) is 0.0657. The van der Waals surface area contributed by atoms with Gasteiger partial charge in [0.05, 0.1) is 9.79 Å². The van der Waals surface area contributed by atoms with Crippen LogP contribution in [0.4, 0.5) is 5.95 Å². The predicted molar refractivity (Wildman–Crippen MR) is 93.0 cm³/mol. The van der Waals surface area contributed by atoms with Crippen LogP contribution in [0.15, 0.2) is 40.4 Å². The molecule has 0 spiro atoms. The molecular weight excluding hydrogens is 366 g/mol. The molecule has 0 atom stereocenters. The summed E-state index contributed by atoms with van der Waals surface area (Å²) in [5.41, 5.74) is 0. The highest BCUT2D eigenvalue weighted by molar-refractivity contribution is 7.92. The van der Waals surface area contributed by atoms with Gasteiger partial charge < -0.3 is 0 Å². The van der Waals surface area contributed by atoms with Crippen LogP contribution >= 0.6 is 0 Å². The van der Waals surface area contributed by atoms with Gasteiger partial charge in [0.1, 0.15) is 6.33 Å². The average Bonchev–Trinajstić information content (AvgIpc) is 2.97. The smallest absolute Gasteiger partial charge is 0.247 e. The lowest BCUT2D eigenvalue weighted by Crippen LogP contribution is -2.28. The van der Waals surface area contributed by atoms with Crippen LogP contribution in [0.1, 0.15) is 19.8 Å². The molecule has 25 heavy (non-hydrogen) atoms. The minimum atomic E-state index is -3.88. The van der Waals surface area contributed by atoms with E-state index in [2.05, 4.69) is 14.8 Å². The maximum Gasteiger partial charge on any atom is 0.264 e. The molecule has 0 aliphatic heterocycles. The first-order valence-corrected chi connectivity index (χ1v) is 10.5. The van der Waals surface area contributed by atoms with Crippen LogP contribution in [-0.2, 0) is 27.1 Å². The Kier molecular flexibility index (Phi) is 5.80. The Morgan fingerprint density at radius 1 is 1.12 bits per heavy atom. The molecule has 0 fully saturated rings. The molecule has 2 aromatic rings. The molecule has 1 aromatic heterocycles. The average molecular weight is 387 g/mol. The van der Waals surface area contributed by atoms with Crippen molar-refractivity contribution in [2.45, 2.75) is 29.6 Å². The summed E-state index contributed by atoms with van der Waals surface area (Å²) in [5, 5.41) is 3.78. The molecule has 1 aromatic carbocycles. The lowest BCUT2D eigenvalue weighted by molar-refractivity contribution is 0.459. The van der Waals surface area contributed by atoms with E-state index in [0.717, 1.165) is 12.8 Å². The van der Waals surface area contributed by atoms with Gasteiger partial charge in [-0.15, -0.1) is 0 Å². The van der Waals surface area contributed by atoms with Crippen molar-refractivity contribution in [3.8, 4) is 0 Å². The van der Waals surface area contributed by atoms with Crippen molar-refractivity contribution in [3.05, 3.63) is 30.6 Å². The first-order valence-electron chi connectivity index (χ1n) is 7.61. The molecule has 0 aliphatic rings. The van der Waals surface area contributed by atoms with E-state index >= 15 is 0 Å². The van der Waals surface area contributed by atoms with Crippen molar-refractivity contribution < 1.29 is 16.8 Å². The molecule has 0 amide bonds. The van der Waals surface area contributed by atoms with Gasteiger partial charge in [-0.2, -0.15) is 10.1 Å². The molecule has 0 bridgehead atoms. The number of rotatable bonds is 8. The summed E-state index contributed by atoms with van der Waals surface area (Å²) in [6, 6.07) is 5.06. The van der Waals surface area contributed by atoms with E-state index in [9.17, 15) is 16.8 Å². The van der Waals surface area contributed by atoms with E-state index in [1.165, 1.54) is 46.6 Å². The fourth-order valence-electron chi connectivity index (χ4n) is 2.04. The van der Waals surface area contributed by atoms with Crippen LogP contribution < -0.4 is 4.72 Å². The van der Waals surface area contributed by atoms with Crippen LogP contribution in [0.5, 0.6) is 0 Å². The standard InChI is InChI=1S/C14H21N5O4S2/c1-4-5-10-18(2)25(22,23)13-8-6-12(7-9-13)24(20,21)17-14-15-11-16-19(14)3/h6-9,11H,4-5,10H2,1-3H3,(H,15,16,17). The lowest BCUT2D eigenvalue weighted by Gasteiger charge is -2.17. The van der Waals surface area contributed by atoms with Gasteiger partial charge in [0.15, 0.2) is 0 Å². The number of aryl methyl sites for hydroxylation is 1. The fraction of sp³-hybridized carbons (Fsp3) is 0.429. The minimum Gasteiger partial charge on any atom is -0.247 e. The quantitative estimate of drug-likeness (QED) is 0.724. The predicted octanol–water partition coefficient (Wildman–Crippen LogP) is 1.04. The van der Waals surface area contributed by atoms with Gasteiger partial charge in [-0.3, -0.25) is 0 Å². The first kappa shape index (κ1) is 19.3. The highest BCUT2D eigenvalue weighted by Gasteiger charge is 2.22. The SMILES string of the molecule is CCCCN(C)S(=O)(=O)c1ccc(S(=O)(=O)Nc2ncnn2C)cc1. The van der Waals surface area contributed by atoms with Gasteiger partial charge in [-0.25, -0.2) is 30.5 Å². The Balaban J connectivity index is 2.23. The summed E-state index contributed by atoms with van der Waals surface area (Å²) < 4.78 is 54.4. The van der Waals surface area contributed by atoms with Crippen molar-refractivity contribution in [2.24, 2.45) is 7.05 Å². The van der Waals surface area contributed by atoms with Crippen molar-refractivity contribution in [1.82, 2.24) is 19.1 Å². The first-order chi connectivity index (χ1) is 11.7. The number of anilines is 1. The molecule has 1 N–H and O–H groups in total.